The molecule has 1 aromatic carbocycles. The van der Waals surface area contributed by atoms with Gasteiger partial charge in [-0.15, -0.1) is 0 Å². The molecule has 1 saturated heterocycles. The van der Waals surface area contributed by atoms with Crippen LogP contribution in [0.3, 0.4) is 0 Å². The molecule has 1 aromatic rings. The van der Waals surface area contributed by atoms with E-state index >= 15 is 0 Å². The summed E-state index contributed by atoms with van der Waals surface area (Å²) in [6.07, 6.45) is 4.70. The first-order valence-corrected chi connectivity index (χ1v) is 8.71. The van der Waals surface area contributed by atoms with Crippen molar-refractivity contribution < 1.29 is 9.59 Å². The van der Waals surface area contributed by atoms with E-state index < -0.39 is 0 Å². The molecule has 4 nitrogen and oxygen atoms in total. The number of hydrogen-bond donors (Lipinski definition) is 1. The summed E-state index contributed by atoms with van der Waals surface area (Å²) in [6, 6.07) is 8.67. The van der Waals surface area contributed by atoms with Gasteiger partial charge >= 0.3 is 0 Å². The predicted molar refractivity (Wildman–Crippen MR) is 92.1 cm³/mol. The summed E-state index contributed by atoms with van der Waals surface area (Å²) in [5, 5.41) is 3.04. The van der Waals surface area contributed by atoms with Gasteiger partial charge in [-0.05, 0) is 36.8 Å². The van der Waals surface area contributed by atoms with E-state index in [1.807, 2.05) is 4.90 Å². The Morgan fingerprint density at radius 1 is 1.09 bits per heavy atom. The summed E-state index contributed by atoms with van der Waals surface area (Å²) in [6.45, 7) is 5.86. The lowest BCUT2D eigenvalue weighted by Gasteiger charge is -2.30. The van der Waals surface area contributed by atoms with E-state index in [-0.39, 0.29) is 17.7 Å². The molecule has 0 radical (unpaired) electrons. The van der Waals surface area contributed by atoms with E-state index in [4.69, 9.17) is 0 Å². The highest BCUT2D eigenvalue weighted by Crippen LogP contribution is 2.17. The molecule has 2 amide bonds. The number of nitrogens with one attached hydrogen (secondary N) is 1. The number of carbonyl (C=O) groups excluding carboxylic acids is 2. The van der Waals surface area contributed by atoms with Crippen molar-refractivity contribution in [2.45, 2.75) is 46.0 Å². The maximum Gasteiger partial charge on any atom is 0.223 e. The number of nitrogens with zero attached hydrogens (tertiary/aromatic N) is 1. The lowest BCUT2D eigenvalue weighted by atomic mass is 9.96. The van der Waals surface area contributed by atoms with Crippen LogP contribution in [-0.2, 0) is 22.4 Å². The molecule has 0 aromatic heterocycles. The van der Waals surface area contributed by atoms with Crippen LogP contribution in [0.1, 0.15) is 44.2 Å². The Hall–Kier alpha value is -1.84. The molecule has 2 rings (SSSR count). The number of benzene rings is 1. The Bertz CT molecular complexity index is 517. The van der Waals surface area contributed by atoms with Crippen molar-refractivity contribution in [2.24, 2.45) is 5.92 Å². The fourth-order valence-electron chi connectivity index (χ4n) is 3.09. The maximum absolute atomic E-state index is 12.2. The van der Waals surface area contributed by atoms with Crippen molar-refractivity contribution in [3.8, 4) is 0 Å². The second-order valence-corrected chi connectivity index (χ2v) is 6.39. The molecule has 0 unspecified atom stereocenters. The average molecular weight is 316 g/mol. The van der Waals surface area contributed by atoms with Gasteiger partial charge in [0.25, 0.3) is 0 Å². The molecule has 0 spiro atoms. The van der Waals surface area contributed by atoms with E-state index in [1.165, 1.54) is 11.1 Å². The van der Waals surface area contributed by atoms with Crippen LogP contribution in [0, 0.1) is 5.92 Å². The minimum Gasteiger partial charge on any atom is -0.356 e. The fraction of sp³-hybridized carbons (Fsp3) is 0.579. The molecule has 4 heteroatoms. The topological polar surface area (TPSA) is 49.4 Å². The van der Waals surface area contributed by atoms with E-state index in [0.29, 0.717) is 19.6 Å². The number of likely N-dealkylation sites (tertiary alicyclic amines) is 1. The van der Waals surface area contributed by atoms with Crippen molar-refractivity contribution in [2.75, 3.05) is 19.6 Å². The smallest absolute Gasteiger partial charge is 0.223 e. The fourth-order valence-corrected chi connectivity index (χ4v) is 3.09. The zero-order chi connectivity index (χ0) is 16.7. The predicted octanol–water partition coefficient (Wildman–Crippen LogP) is 2.56. The SMILES string of the molecule is CCCc1ccc(CCNC(=O)C2CCN(C(C)=O)CC2)cc1. The van der Waals surface area contributed by atoms with Gasteiger partial charge in [-0.1, -0.05) is 37.6 Å². The first kappa shape index (κ1) is 17.5. The molecule has 23 heavy (non-hydrogen) atoms. The molecule has 1 aliphatic rings. The second kappa shape index (κ2) is 8.70. The van der Waals surface area contributed by atoms with Crippen molar-refractivity contribution in [1.29, 1.82) is 0 Å². The zero-order valence-electron chi connectivity index (χ0n) is 14.3. The monoisotopic (exact) mass is 316 g/mol. The second-order valence-electron chi connectivity index (χ2n) is 6.39. The number of rotatable bonds is 6. The van der Waals surface area contributed by atoms with Crippen LogP contribution >= 0.6 is 0 Å². The highest BCUT2D eigenvalue weighted by atomic mass is 16.2. The van der Waals surface area contributed by atoms with Crippen molar-refractivity contribution >= 4 is 11.8 Å². The summed E-state index contributed by atoms with van der Waals surface area (Å²) in [4.78, 5) is 25.3. The minimum atomic E-state index is 0.0533. The van der Waals surface area contributed by atoms with Crippen LogP contribution in [0.4, 0.5) is 0 Å². The van der Waals surface area contributed by atoms with E-state index in [0.717, 1.165) is 32.1 Å². The molecule has 0 bridgehead atoms. The largest absolute Gasteiger partial charge is 0.356 e. The van der Waals surface area contributed by atoms with Crippen molar-refractivity contribution in [3.63, 3.8) is 0 Å². The number of hydrogen-bond acceptors (Lipinski definition) is 2. The third-order valence-corrected chi connectivity index (χ3v) is 4.59. The van der Waals surface area contributed by atoms with Crippen LogP contribution in [0.15, 0.2) is 24.3 Å². The first-order valence-electron chi connectivity index (χ1n) is 8.71. The van der Waals surface area contributed by atoms with Gasteiger partial charge in [0.2, 0.25) is 11.8 Å². The Kier molecular flexibility index (Phi) is 6.63. The van der Waals surface area contributed by atoms with Crippen LogP contribution in [0.25, 0.3) is 0 Å². The first-order chi connectivity index (χ1) is 11.1. The van der Waals surface area contributed by atoms with E-state index in [9.17, 15) is 9.59 Å². The van der Waals surface area contributed by atoms with Crippen LogP contribution in [0.2, 0.25) is 0 Å². The minimum absolute atomic E-state index is 0.0533. The average Bonchev–Trinajstić information content (AvgIpc) is 2.56. The van der Waals surface area contributed by atoms with E-state index in [1.54, 1.807) is 6.92 Å². The summed E-state index contributed by atoms with van der Waals surface area (Å²) < 4.78 is 0. The lowest BCUT2D eigenvalue weighted by Crippen LogP contribution is -2.42. The molecule has 1 fully saturated rings. The standard InChI is InChI=1S/C19H28N2O2/c1-3-4-16-5-7-17(8-6-16)9-12-20-19(23)18-10-13-21(14-11-18)15(2)22/h5-8,18H,3-4,9-14H2,1-2H3,(H,20,23). The number of carbonyl (C=O) groups is 2. The van der Waals surface area contributed by atoms with Gasteiger partial charge in [0.05, 0.1) is 0 Å². The van der Waals surface area contributed by atoms with Gasteiger partial charge in [0.15, 0.2) is 0 Å². The zero-order valence-corrected chi connectivity index (χ0v) is 14.3. The van der Waals surface area contributed by atoms with Gasteiger partial charge in [-0.25, -0.2) is 0 Å². The third-order valence-electron chi connectivity index (χ3n) is 4.59. The number of piperidine rings is 1. The summed E-state index contributed by atoms with van der Waals surface area (Å²) >= 11 is 0. The third kappa shape index (κ3) is 5.38. The molecule has 126 valence electrons. The molecular formula is C19H28N2O2. The molecule has 0 aliphatic carbocycles. The van der Waals surface area contributed by atoms with E-state index in [2.05, 4.69) is 36.5 Å². The molecule has 1 N–H and O–H groups in total. The van der Waals surface area contributed by atoms with Crippen LogP contribution < -0.4 is 5.32 Å². The van der Waals surface area contributed by atoms with Crippen molar-refractivity contribution in [1.82, 2.24) is 10.2 Å². The quantitative estimate of drug-likeness (QED) is 0.877. The molecule has 1 heterocycles. The lowest BCUT2D eigenvalue weighted by molar-refractivity contribution is -0.133. The molecular weight excluding hydrogens is 288 g/mol. The summed E-state index contributed by atoms with van der Waals surface area (Å²) in [5.41, 5.74) is 2.63. The van der Waals surface area contributed by atoms with Gasteiger partial charge < -0.3 is 10.2 Å². The highest BCUT2D eigenvalue weighted by molar-refractivity contribution is 5.79. The Morgan fingerprint density at radius 3 is 2.17 bits per heavy atom. The summed E-state index contributed by atoms with van der Waals surface area (Å²) in [5.74, 6) is 0.295. The van der Waals surface area contributed by atoms with Gasteiger partial charge in [-0.2, -0.15) is 0 Å². The van der Waals surface area contributed by atoms with Gasteiger partial charge in [0, 0.05) is 32.5 Å². The Labute approximate surface area is 139 Å². The Morgan fingerprint density at radius 2 is 1.65 bits per heavy atom. The Balaban J connectivity index is 1.69. The molecule has 0 saturated carbocycles. The van der Waals surface area contributed by atoms with Crippen LogP contribution in [0.5, 0.6) is 0 Å². The van der Waals surface area contributed by atoms with Gasteiger partial charge in [0.1, 0.15) is 0 Å². The summed E-state index contributed by atoms with van der Waals surface area (Å²) in [7, 11) is 0. The number of aryl methyl sites for hydroxylation is 1. The number of amides is 2. The highest BCUT2D eigenvalue weighted by Gasteiger charge is 2.25. The van der Waals surface area contributed by atoms with Crippen LogP contribution in [-0.4, -0.2) is 36.3 Å². The maximum atomic E-state index is 12.2. The molecule has 0 atom stereocenters. The van der Waals surface area contributed by atoms with Crippen molar-refractivity contribution in [3.05, 3.63) is 35.4 Å². The molecule has 1 aliphatic heterocycles. The normalized spacial score (nSPS) is 15.5. The van der Waals surface area contributed by atoms with Gasteiger partial charge in [-0.3, -0.25) is 9.59 Å².